The van der Waals surface area contributed by atoms with Crippen molar-refractivity contribution in [1.29, 1.82) is 0 Å². The number of nitrogens with zero attached hydrogens (tertiary/aromatic N) is 1. The summed E-state index contributed by atoms with van der Waals surface area (Å²) in [6.07, 6.45) is 2.57. The number of methoxy groups -OCH3 is 2. The first-order chi connectivity index (χ1) is 11.5. The second-order valence-corrected chi connectivity index (χ2v) is 5.29. The maximum atomic E-state index is 11.7. The molecule has 0 aliphatic rings. The van der Waals surface area contributed by atoms with E-state index in [-0.39, 0.29) is 18.2 Å². The molecule has 132 valence electrons. The molecule has 0 aliphatic heterocycles. The average molecular weight is 334 g/mol. The van der Waals surface area contributed by atoms with Gasteiger partial charge < -0.3 is 19.7 Å². The van der Waals surface area contributed by atoms with Crippen molar-refractivity contribution in [3.8, 4) is 11.5 Å². The van der Waals surface area contributed by atoms with Crippen LogP contribution in [-0.2, 0) is 16.0 Å². The van der Waals surface area contributed by atoms with E-state index in [2.05, 4.69) is 11.9 Å². The second kappa shape index (κ2) is 10.3. The minimum absolute atomic E-state index is 0.0491. The minimum Gasteiger partial charge on any atom is -0.493 e. The van der Waals surface area contributed by atoms with Crippen LogP contribution in [0.4, 0.5) is 0 Å². The number of benzene rings is 1. The van der Waals surface area contributed by atoms with Crippen molar-refractivity contribution >= 4 is 11.8 Å². The predicted molar refractivity (Wildman–Crippen MR) is 93.3 cm³/mol. The smallest absolute Gasteiger partial charge is 0.222 e. The lowest BCUT2D eigenvalue weighted by molar-refractivity contribution is -0.129. The maximum absolute atomic E-state index is 11.7. The molecule has 6 nitrogen and oxygen atoms in total. The lowest BCUT2D eigenvalue weighted by Gasteiger charge is -2.21. The Bertz CT molecular complexity index is 572. The molecule has 1 aromatic carbocycles. The summed E-state index contributed by atoms with van der Waals surface area (Å²) in [4.78, 5) is 25.0. The van der Waals surface area contributed by atoms with E-state index < -0.39 is 0 Å². The zero-order valence-corrected chi connectivity index (χ0v) is 14.6. The third kappa shape index (κ3) is 6.32. The van der Waals surface area contributed by atoms with Gasteiger partial charge in [-0.05, 0) is 24.1 Å². The molecule has 0 saturated carbocycles. The van der Waals surface area contributed by atoms with Crippen LogP contribution in [0, 0.1) is 0 Å². The van der Waals surface area contributed by atoms with Crippen molar-refractivity contribution in [2.45, 2.75) is 19.8 Å². The normalized spacial score (nSPS) is 9.96. The Hall–Kier alpha value is -2.50. The van der Waals surface area contributed by atoms with E-state index in [1.54, 1.807) is 25.2 Å². The van der Waals surface area contributed by atoms with Gasteiger partial charge in [0.1, 0.15) is 0 Å². The van der Waals surface area contributed by atoms with Gasteiger partial charge >= 0.3 is 0 Å². The molecule has 0 saturated heterocycles. The fourth-order valence-electron chi connectivity index (χ4n) is 2.24. The third-order valence-electron chi connectivity index (χ3n) is 3.62. The first-order valence-electron chi connectivity index (χ1n) is 7.85. The zero-order chi connectivity index (χ0) is 17.9. The molecular weight excluding hydrogens is 308 g/mol. The number of hydrogen-bond acceptors (Lipinski definition) is 4. The van der Waals surface area contributed by atoms with Crippen LogP contribution in [0.3, 0.4) is 0 Å². The number of rotatable bonds is 10. The van der Waals surface area contributed by atoms with E-state index in [4.69, 9.17) is 9.47 Å². The lowest BCUT2D eigenvalue weighted by atomic mass is 10.1. The van der Waals surface area contributed by atoms with E-state index in [0.29, 0.717) is 37.6 Å². The van der Waals surface area contributed by atoms with E-state index in [0.717, 1.165) is 5.56 Å². The zero-order valence-electron chi connectivity index (χ0n) is 14.6. The Morgan fingerprint density at radius 2 is 1.92 bits per heavy atom. The summed E-state index contributed by atoms with van der Waals surface area (Å²) in [6, 6.07) is 5.68. The Morgan fingerprint density at radius 3 is 2.50 bits per heavy atom. The first kappa shape index (κ1) is 19.5. The molecule has 0 spiro atoms. The summed E-state index contributed by atoms with van der Waals surface area (Å²) in [6.45, 7) is 6.43. The molecule has 1 rings (SSSR count). The second-order valence-electron chi connectivity index (χ2n) is 5.29. The summed E-state index contributed by atoms with van der Waals surface area (Å²) in [5.74, 6) is 1.19. The number of amides is 2. The molecule has 0 aliphatic carbocycles. The van der Waals surface area contributed by atoms with Crippen LogP contribution in [0.15, 0.2) is 30.9 Å². The highest BCUT2D eigenvalue weighted by Crippen LogP contribution is 2.27. The molecule has 24 heavy (non-hydrogen) atoms. The minimum atomic E-state index is -0.0905. The topological polar surface area (TPSA) is 67.9 Å². The highest BCUT2D eigenvalue weighted by atomic mass is 16.5. The van der Waals surface area contributed by atoms with E-state index in [9.17, 15) is 9.59 Å². The molecular formula is C18H26N2O4. The van der Waals surface area contributed by atoms with E-state index in [1.165, 1.54) is 6.92 Å². The van der Waals surface area contributed by atoms with E-state index in [1.807, 2.05) is 18.2 Å². The number of carbonyl (C=O) groups excluding carboxylic acids is 2. The van der Waals surface area contributed by atoms with Gasteiger partial charge in [0.25, 0.3) is 0 Å². The number of ether oxygens (including phenoxy) is 2. The molecule has 0 bridgehead atoms. The fourth-order valence-corrected chi connectivity index (χ4v) is 2.24. The van der Waals surface area contributed by atoms with Crippen molar-refractivity contribution in [1.82, 2.24) is 10.2 Å². The number of hydrogen-bond donors (Lipinski definition) is 1. The SMILES string of the molecule is C=CCNC(=O)CCN(CCc1ccc(OC)c(OC)c1)C(C)=O. The monoisotopic (exact) mass is 334 g/mol. The molecule has 0 atom stereocenters. The van der Waals surface area contributed by atoms with Gasteiger partial charge in [0.2, 0.25) is 11.8 Å². The Labute approximate surface area is 143 Å². The summed E-state index contributed by atoms with van der Waals surface area (Å²) in [5, 5.41) is 2.70. The summed E-state index contributed by atoms with van der Waals surface area (Å²) in [5.41, 5.74) is 1.04. The van der Waals surface area contributed by atoms with Crippen LogP contribution in [-0.4, -0.2) is 50.6 Å². The Morgan fingerprint density at radius 1 is 1.21 bits per heavy atom. The summed E-state index contributed by atoms with van der Waals surface area (Å²) in [7, 11) is 3.18. The largest absolute Gasteiger partial charge is 0.493 e. The first-order valence-corrected chi connectivity index (χ1v) is 7.85. The fraction of sp³-hybridized carbons (Fsp3) is 0.444. The number of nitrogens with one attached hydrogen (secondary N) is 1. The Kier molecular flexibility index (Phi) is 8.39. The maximum Gasteiger partial charge on any atom is 0.222 e. The summed E-state index contributed by atoms with van der Waals surface area (Å²) < 4.78 is 10.5. The van der Waals surface area contributed by atoms with Crippen molar-refractivity contribution in [3.63, 3.8) is 0 Å². The van der Waals surface area contributed by atoms with Crippen LogP contribution in [0.25, 0.3) is 0 Å². The van der Waals surface area contributed by atoms with Gasteiger partial charge in [-0.2, -0.15) is 0 Å². The Balaban J connectivity index is 2.58. The van der Waals surface area contributed by atoms with Crippen LogP contribution in [0.5, 0.6) is 11.5 Å². The van der Waals surface area contributed by atoms with Gasteiger partial charge in [-0.15, -0.1) is 6.58 Å². The molecule has 0 heterocycles. The van der Waals surface area contributed by atoms with Crippen LogP contribution in [0.1, 0.15) is 18.9 Å². The highest BCUT2D eigenvalue weighted by Gasteiger charge is 2.12. The van der Waals surface area contributed by atoms with Gasteiger partial charge in [-0.25, -0.2) is 0 Å². The van der Waals surface area contributed by atoms with Crippen molar-refractivity contribution in [3.05, 3.63) is 36.4 Å². The molecule has 0 radical (unpaired) electrons. The van der Waals surface area contributed by atoms with E-state index >= 15 is 0 Å². The highest BCUT2D eigenvalue weighted by molar-refractivity contribution is 5.78. The van der Waals surface area contributed by atoms with Crippen molar-refractivity contribution in [2.75, 3.05) is 33.9 Å². The van der Waals surface area contributed by atoms with Crippen LogP contribution in [0.2, 0.25) is 0 Å². The standard InChI is InChI=1S/C18H26N2O4/c1-5-10-19-18(22)9-12-20(14(2)21)11-8-15-6-7-16(23-3)17(13-15)24-4/h5-7,13H,1,8-12H2,2-4H3,(H,19,22). The number of carbonyl (C=O) groups is 2. The molecule has 2 amide bonds. The molecule has 0 aromatic heterocycles. The molecule has 6 heteroatoms. The molecule has 0 fully saturated rings. The lowest BCUT2D eigenvalue weighted by Crippen LogP contribution is -2.35. The van der Waals surface area contributed by atoms with Crippen molar-refractivity contribution < 1.29 is 19.1 Å². The van der Waals surface area contributed by atoms with Crippen LogP contribution < -0.4 is 14.8 Å². The molecule has 0 unspecified atom stereocenters. The van der Waals surface area contributed by atoms with Crippen molar-refractivity contribution in [2.24, 2.45) is 0 Å². The van der Waals surface area contributed by atoms with Gasteiger partial charge in [0.05, 0.1) is 14.2 Å². The average Bonchev–Trinajstić information content (AvgIpc) is 2.59. The van der Waals surface area contributed by atoms with Gasteiger partial charge in [0, 0.05) is 33.0 Å². The molecule has 1 N–H and O–H groups in total. The molecule has 1 aromatic rings. The van der Waals surface area contributed by atoms with Crippen LogP contribution >= 0.6 is 0 Å². The summed E-state index contributed by atoms with van der Waals surface area (Å²) >= 11 is 0. The quantitative estimate of drug-likeness (QED) is 0.663. The van der Waals surface area contributed by atoms with Gasteiger partial charge in [-0.1, -0.05) is 12.1 Å². The predicted octanol–water partition coefficient (Wildman–Crippen LogP) is 1.79. The van der Waals surface area contributed by atoms with Gasteiger partial charge in [-0.3, -0.25) is 9.59 Å². The third-order valence-corrected chi connectivity index (χ3v) is 3.62. The van der Waals surface area contributed by atoms with Gasteiger partial charge in [0.15, 0.2) is 11.5 Å².